The van der Waals surface area contributed by atoms with E-state index in [4.69, 9.17) is 9.47 Å². The van der Waals surface area contributed by atoms with Crippen molar-refractivity contribution in [3.63, 3.8) is 0 Å². The highest BCUT2D eigenvalue weighted by molar-refractivity contribution is 5.89. The Balaban J connectivity index is 1.31. The first-order valence-electron chi connectivity index (χ1n) is 16.0. The van der Waals surface area contributed by atoms with Crippen molar-refractivity contribution in [2.45, 2.75) is 51.5 Å². The predicted molar refractivity (Wildman–Crippen MR) is 183 cm³/mol. The minimum atomic E-state index is -1.06. The summed E-state index contributed by atoms with van der Waals surface area (Å²) in [5.41, 5.74) is 3.78. The van der Waals surface area contributed by atoms with Gasteiger partial charge in [-0.15, -0.1) is 0 Å². The van der Waals surface area contributed by atoms with Gasteiger partial charge in [0.05, 0.1) is 31.1 Å². The Hall–Kier alpha value is -5.91. The van der Waals surface area contributed by atoms with Gasteiger partial charge in [-0.3, -0.25) is 9.59 Å². The molecule has 5 rings (SSSR count). The number of nitrogens with zero attached hydrogens (tertiary/aromatic N) is 3. The second-order valence-electron chi connectivity index (χ2n) is 12.3. The number of nitrogens with one attached hydrogen (secondary N) is 4. The topological polar surface area (TPSA) is 154 Å². The number of alkyl carbamates (subject to hydrolysis) is 1. The third-order valence-electron chi connectivity index (χ3n) is 7.96. The second kappa shape index (κ2) is 16.8. The Labute approximate surface area is 285 Å². The molecule has 254 valence electrons. The van der Waals surface area contributed by atoms with Gasteiger partial charge >= 0.3 is 6.09 Å². The summed E-state index contributed by atoms with van der Waals surface area (Å²) in [4.78, 5) is 55.8. The average molecular weight is 664 g/mol. The number of amides is 3. The zero-order valence-electron chi connectivity index (χ0n) is 27.6. The molecule has 3 aromatic carbocycles. The van der Waals surface area contributed by atoms with Crippen LogP contribution in [0.25, 0.3) is 0 Å². The number of hydrogen-bond donors (Lipinski definition) is 4. The molecule has 0 bridgehead atoms. The number of imidazole rings is 2. The minimum Gasteiger partial charge on any atom is -0.489 e. The van der Waals surface area contributed by atoms with E-state index in [2.05, 4.69) is 30.6 Å². The SMILES string of the molecule is CC(C)(CNC(=O)CN(Cc1ccc(OCc2ccccc2)cc1)C(=O)[C@H](Cc1cnc[nH]1)NC(=O)OCc1cnc[nH]1)c1ccccc1. The highest BCUT2D eigenvalue weighted by atomic mass is 16.5. The average Bonchev–Trinajstić information content (AvgIpc) is 3.85. The number of aromatic amines is 2. The van der Waals surface area contributed by atoms with Gasteiger partial charge in [-0.2, -0.15) is 0 Å². The maximum atomic E-state index is 14.2. The summed E-state index contributed by atoms with van der Waals surface area (Å²) in [6, 6.07) is 26.1. The molecule has 0 aliphatic rings. The number of benzene rings is 3. The standard InChI is InChI=1S/C37H41N7O5/c1-37(2,29-11-7-4-8-12-29)24-40-34(45)21-44(20-27-13-15-32(16-14-27)48-22-28-9-5-3-6-10-28)35(46)33(17-30-18-38-25-41-30)43-36(47)49-23-31-19-39-26-42-31/h3-16,18-19,25-26,33H,17,20-24H2,1-2H3,(H,38,41)(H,39,42)(H,40,45)(H,43,47)/t33-/m0/s1. The van der Waals surface area contributed by atoms with Gasteiger partial charge in [0.15, 0.2) is 0 Å². The van der Waals surface area contributed by atoms with Crippen LogP contribution in [0, 0.1) is 0 Å². The molecule has 3 amide bonds. The third-order valence-corrected chi connectivity index (χ3v) is 7.96. The molecule has 12 nitrogen and oxygen atoms in total. The Morgan fingerprint density at radius 3 is 2.12 bits per heavy atom. The van der Waals surface area contributed by atoms with Crippen LogP contribution in [0.15, 0.2) is 110 Å². The molecule has 2 aromatic heterocycles. The van der Waals surface area contributed by atoms with Crippen molar-refractivity contribution in [3.8, 4) is 5.75 Å². The van der Waals surface area contributed by atoms with Gasteiger partial charge in [0, 0.05) is 36.8 Å². The third kappa shape index (κ3) is 10.5. The fourth-order valence-corrected chi connectivity index (χ4v) is 5.13. The number of carbonyl (C=O) groups excluding carboxylic acids is 3. The molecule has 0 spiro atoms. The van der Waals surface area contributed by atoms with Crippen molar-refractivity contribution in [1.29, 1.82) is 0 Å². The van der Waals surface area contributed by atoms with Gasteiger partial charge in [0.2, 0.25) is 11.8 Å². The van der Waals surface area contributed by atoms with Crippen molar-refractivity contribution < 1.29 is 23.9 Å². The Kier molecular flexibility index (Phi) is 11.8. The maximum absolute atomic E-state index is 14.2. The van der Waals surface area contributed by atoms with E-state index in [1.165, 1.54) is 23.8 Å². The fraction of sp³-hybridized carbons (Fsp3) is 0.270. The van der Waals surface area contributed by atoms with E-state index in [1.54, 1.807) is 6.20 Å². The molecule has 49 heavy (non-hydrogen) atoms. The lowest BCUT2D eigenvalue weighted by Gasteiger charge is -2.29. The highest BCUT2D eigenvalue weighted by Gasteiger charge is 2.30. The van der Waals surface area contributed by atoms with Crippen LogP contribution in [0.5, 0.6) is 5.75 Å². The van der Waals surface area contributed by atoms with Gasteiger partial charge < -0.3 is 35.0 Å². The van der Waals surface area contributed by atoms with Gasteiger partial charge in [-0.25, -0.2) is 14.8 Å². The zero-order valence-corrected chi connectivity index (χ0v) is 27.6. The number of H-pyrrole nitrogens is 2. The molecule has 0 unspecified atom stereocenters. The summed E-state index contributed by atoms with van der Waals surface area (Å²) in [6.07, 6.45) is 5.40. The Morgan fingerprint density at radius 2 is 1.47 bits per heavy atom. The smallest absolute Gasteiger partial charge is 0.408 e. The van der Waals surface area contributed by atoms with Gasteiger partial charge in [0.1, 0.15) is 25.0 Å². The van der Waals surface area contributed by atoms with Crippen molar-refractivity contribution in [2.24, 2.45) is 0 Å². The van der Waals surface area contributed by atoms with Crippen LogP contribution in [-0.2, 0) is 45.9 Å². The molecular weight excluding hydrogens is 622 g/mol. The van der Waals surface area contributed by atoms with Gasteiger partial charge in [-0.05, 0) is 28.8 Å². The lowest BCUT2D eigenvalue weighted by Crippen LogP contribution is -2.52. The first kappa shape index (κ1) is 34.4. The first-order valence-corrected chi connectivity index (χ1v) is 16.0. The number of aromatic nitrogens is 4. The van der Waals surface area contributed by atoms with Crippen LogP contribution >= 0.6 is 0 Å². The summed E-state index contributed by atoms with van der Waals surface area (Å²) in [5.74, 6) is -0.123. The van der Waals surface area contributed by atoms with Gasteiger partial charge in [0.25, 0.3) is 0 Å². The number of carbonyl (C=O) groups is 3. The lowest BCUT2D eigenvalue weighted by atomic mass is 9.84. The molecule has 0 aliphatic heterocycles. The van der Waals surface area contributed by atoms with Crippen LogP contribution < -0.4 is 15.4 Å². The van der Waals surface area contributed by atoms with Crippen molar-refractivity contribution in [1.82, 2.24) is 35.5 Å². The summed E-state index contributed by atoms with van der Waals surface area (Å²) < 4.78 is 11.3. The summed E-state index contributed by atoms with van der Waals surface area (Å²) in [6.45, 7) is 4.69. The molecule has 0 aliphatic carbocycles. The largest absolute Gasteiger partial charge is 0.489 e. The lowest BCUT2D eigenvalue weighted by molar-refractivity contribution is -0.138. The summed E-state index contributed by atoms with van der Waals surface area (Å²) in [7, 11) is 0. The monoisotopic (exact) mass is 663 g/mol. The van der Waals surface area contributed by atoms with Crippen LogP contribution in [0.4, 0.5) is 4.79 Å². The van der Waals surface area contributed by atoms with E-state index in [-0.39, 0.29) is 37.4 Å². The number of ether oxygens (including phenoxy) is 2. The maximum Gasteiger partial charge on any atom is 0.408 e. The molecule has 5 aromatic rings. The normalized spacial score (nSPS) is 11.7. The first-order chi connectivity index (χ1) is 23.7. The fourth-order valence-electron chi connectivity index (χ4n) is 5.13. The van der Waals surface area contributed by atoms with Crippen LogP contribution in [-0.4, -0.2) is 61.9 Å². The van der Waals surface area contributed by atoms with E-state index in [1.807, 2.05) is 98.8 Å². The van der Waals surface area contributed by atoms with Gasteiger partial charge in [-0.1, -0.05) is 86.6 Å². The molecule has 0 fully saturated rings. The highest BCUT2D eigenvalue weighted by Crippen LogP contribution is 2.22. The predicted octanol–water partition coefficient (Wildman–Crippen LogP) is 4.67. The van der Waals surface area contributed by atoms with E-state index >= 15 is 0 Å². The van der Waals surface area contributed by atoms with Crippen LogP contribution in [0.3, 0.4) is 0 Å². The number of rotatable bonds is 16. The number of hydrogen-bond acceptors (Lipinski definition) is 7. The molecule has 0 radical (unpaired) electrons. The van der Waals surface area contributed by atoms with Crippen molar-refractivity contribution in [3.05, 3.63) is 138 Å². The molecule has 12 heteroatoms. The quantitative estimate of drug-likeness (QED) is 0.120. The zero-order chi connectivity index (χ0) is 34.5. The van der Waals surface area contributed by atoms with Crippen LogP contribution in [0.2, 0.25) is 0 Å². The molecule has 4 N–H and O–H groups in total. The van der Waals surface area contributed by atoms with E-state index in [9.17, 15) is 14.4 Å². The molecule has 0 saturated heterocycles. The minimum absolute atomic E-state index is 0.0567. The summed E-state index contributed by atoms with van der Waals surface area (Å²) >= 11 is 0. The van der Waals surface area contributed by atoms with Crippen molar-refractivity contribution >= 4 is 17.9 Å². The Morgan fingerprint density at radius 1 is 0.816 bits per heavy atom. The van der Waals surface area contributed by atoms with E-state index in [0.717, 1.165) is 16.7 Å². The van der Waals surface area contributed by atoms with Crippen LogP contribution in [0.1, 0.15) is 41.9 Å². The molecule has 1 atom stereocenters. The molecular formula is C37H41N7O5. The van der Waals surface area contributed by atoms with E-state index in [0.29, 0.717) is 30.3 Å². The second-order valence-corrected chi connectivity index (χ2v) is 12.3. The molecule has 0 saturated carbocycles. The summed E-state index contributed by atoms with van der Waals surface area (Å²) in [5, 5.41) is 5.69. The van der Waals surface area contributed by atoms with Crippen molar-refractivity contribution in [2.75, 3.05) is 13.1 Å². The Bertz CT molecular complexity index is 1740. The van der Waals surface area contributed by atoms with E-state index < -0.39 is 18.0 Å². The molecule has 2 heterocycles.